The second-order valence-corrected chi connectivity index (χ2v) is 4.00. The third-order valence-electron chi connectivity index (χ3n) is 2.37. The van der Waals surface area contributed by atoms with E-state index in [9.17, 15) is 8.78 Å². The molecule has 0 saturated carbocycles. The summed E-state index contributed by atoms with van der Waals surface area (Å²) in [5.41, 5.74) is 5.51. The number of halogens is 3. The highest BCUT2D eigenvalue weighted by Crippen LogP contribution is 2.14. The quantitative estimate of drug-likeness (QED) is 0.460. The summed E-state index contributed by atoms with van der Waals surface area (Å²) in [5.74, 6) is -0.223. The number of aliphatic imine (C=N–C) groups is 1. The maximum absolute atomic E-state index is 13.3. The van der Waals surface area contributed by atoms with E-state index in [-0.39, 0.29) is 42.2 Å². The molecule has 0 atom stereocenters. The number of aromatic nitrogens is 2. The summed E-state index contributed by atoms with van der Waals surface area (Å²) in [5, 5.41) is 6.12. The van der Waals surface area contributed by atoms with Crippen LogP contribution in [0.1, 0.15) is 11.7 Å². The predicted molar refractivity (Wildman–Crippen MR) is 84.6 cm³/mol. The Morgan fingerprint density at radius 2 is 2.19 bits per heavy atom. The molecule has 9 heteroatoms. The van der Waals surface area contributed by atoms with Crippen molar-refractivity contribution in [1.29, 1.82) is 0 Å². The molecule has 114 valence electrons. The second kappa shape index (κ2) is 7.86. The molecule has 1 aromatic carbocycles. The van der Waals surface area contributed by atoms with Gasteiger partial charge < -0.3 is 15.6 Å². The number of nitrogens with one attached hydrogen (secondary N) is 1. The van der Waals surface area contributed by atoms with E-state index in [1.807, 2.05) is 0 Å². The van der Waals surface area contributed by atoms with E-state index in [1.54, 1.807) is 6.92 Å². The fraction of sp³-hybridized carbons (Fsp3) is 0.250. The van der Waals surface area contributed by atoms with Gasteiger partial charge in [0.2, 0.25) is 5.89 Å². The third-order valence-corrected chi connectivity index (χ3v) is 2.37. The first kappa shape index (κ1) is 17.3. The predicted octanol–water partition coefficient (Wildman–Crippen LogP) is 2.24. The SMILES string of the molecule is Cc1noc(CCN=C(N)Nc2cc(F)ccc2F)n1.I. The van der Waals surface area contributed by atoms with Crippen molar-refractivity contribution in [2.45, 2.75) is 13.3 Å². The molecule has 0 aliphatic heterocycles. The summed E-state index contributed by atoms with van der Waals surface area (Å²) in [6, 6.07) is 3.02. The molecule has 3 N–H and O–H groups in total. The molecule has 0 spiro atoms. The number of aryl methyl sites for hydroxylation is 1. The minimum atomic E-state index is -0.614. The number of nitrogens with zero attached hydrogens (tertiary/aromatic N) is 3. The smallest absolute Gasteiger partial charge is 0.228 e. The van der Waals surface area contributed by atoms with E-state index in [2.05, 4.69) is 20.4 Å². The molecule has 0 saturated heterocycles. The van der Waals surface area contributed by atoms with E-state index in [1.165, 1.54) is 0 Å². The number of nitrogens with two attached hydrogens (primary N) is 1. The molecule has 0 bridgehead atoms. The Morgan fingerprint density at radius 1 is 1.43 bits per heavy atom. The van der Waals surface area contributed by atoms with Crippen LogP contribution in [0.2, 0.25) is 0 Å². The maximum atomic E-state index is 13.3. The average molecular weight is 409 g/mol. The molecule has 1 aromatic heterocycles. The lowest BCUT2D eigenvalue weighted by Crippen LogP contribution is -2.23. The first-order valence-electron chi connectivity index (χ1n) is 5.86. The van der Waals surface area contributed by atoms with Crippen LogP contribution in [0.5, 0.6) is 0 Å². The Balaban J connectivity index is 0.00000220. The van der Waals surface area contributed by atoms with Gasteiger partial charge in [-0.2, -0.15) is 4.98 Å². The van der Waals surface area contributed by atoms with Gasteiger partial charge in [-0.1, -0.05) is 5.16 Å². The van der Waals surface area contributed by atoms with Gasteiger partial charge in [0.25, 0.3) is 0 Å². The molecule has 0 unspecified atom stereocenters. The van der Waals surface area contributed by atoms with Gasteiger partial charge in [0.05, 0.1) is 12.2 Å². The highest BCUT2D eigenvalue weighted by Gasteiger charge is 2.05. The summed E-state index contributed by atoms with van der Waals surface area (Å²) in [7, 11) is 0. The molecular weight excluding hydrogens is 395 g/mol. The number of benzene rings is 1. The minimum Gasteiger partial charge on any atom is -0.370 e. The topological polar surface area (TPSA) is 89.3 Å². The van der Waals surface area contributed by atoms with Crippen LogP contribution in [0.4, 0.5) is 14.5 Å². The Bertz CT molecular complexity index is 632. The summed E-state index contributed by atoms with van der Waals surface area (Å²) in [6.07, 6.45) is 0.412. The van der Waals surface area contributed by atoms with Crippen LogP contribution in [0.15, 0.2) is 27.7 Å². The molecule has 21 heavy (non-hydrogen) atoms. The minimum absolute atomic E-state index is 0. The normalized spacial score (nSPS) is 11.1. The Kier molecular flexibility index (Phi) is 6.46. The molecule has 0 fully saturated rings. The number of hydrogen-bond donors (Lipinski definition) is 2. The van der Waals surface area contributed by atoms with Gasteiger partial charge in [-0.15, -0.1) is 24.0 Å². The molecule has 0 amide bonds. The Labute approximate surface area is 136 Å². The molecule has 6 nitrogen and oxygen atoms in total. The van der Waals surface area contributed by atoms with Crippen molar-refractivity contribution in [3.05, 3.63) is 41.5 Å². The summed E-state index contributed by atoms with van der Waals surface area (Å²) in [6.45, 7) is 2.00. The first-order chi connectivity index (χ1) is 9.54. The highest BCUT2D eigenvalue weighted by atomic mass is 127. The lowest BCUT2D eigenvalue weighted by Gasteiger charge is -2.06. The zero-order valence-electron chi connectivity index (χ0n) is 11.1. The van der Waals surface area contributed by atoms with E-state index < -0.39 is 11.6 Å². The molecule has 2 rings (SSSR count). The van der Waals surface area contributed by atoms with E-state index in [0.717, 1.165) is 18.2 Å². The fourth-order valence-corrected chi connectivity index (χ4v) is 1.48. The van der Waals surface area contributed by atoms with Crippen LogP contribution in [0, 0.1) is 18.6 Å². The number of guanidine groups is 1. The second-order valence-electron chi connectivity index (χ2n) is 4.00. The van der Waals surface area contributed by atoms with E-state index >= 15 is 0 Å². The van der Waals surface area contributed by atoms with Crippen LogP contribution in [0.25, 0.3) is 0 Å². The lowest BCUT2D eigenvalue weighted by molar-refractivity contribution is 0.376. The van der Waals surface area contributed by atoms with Crippen molar-refractivity contribution in [3.8, 4) is 0 Å². The molecule has 0 aliphatic carbocycles. The van der Waals surface area contributed by atoms with Crippen molar-refractivity contribution >= 4 is 35.6 Å². The van der Waals surface area contributed by atoms with Crippen LogP contribution in [-0.2, 0) is 6.42 Å². The van der Waals surface area contributed by atoms with Gasteiger partial charge in [-0.3, -0.25) is 4.99 Å². The van der Waals surface area contributed by atoms with Crippen molar-refractivity contribution in [2.24, 2.45) is 10.7 Å². The maximum Gasteiger partial charge on any atom is 0.228 e. The molecule has 0 aliphatic rings. The van der Waals surface area contributed by atoms with Crippen LogP contribution in [0.3, 0.4) is 0 Å². The van der Waals surface area contributed by atoms with Crippen LogP contribution < -0.4 is 11.1 Å². The molecule has 2 aromatic rings. The van der Waals surface area contributed by atoms with Crippen molar-refractivity contribution in [3.63, 3.8) is 0 Å². The number of hydrogen-bond acceptors (Lipinski definition) is 4. The first-order valence-corrected chi connectivity index (χ1v) is 5.86. The summed E-state index contributed by atoms with van der Waals surface area (Å²) < 4.78 is 31.2. The van der Waals surface area contributed by atoms with Crippen molar-refractivity contribution in [1.82, 2.24) is 10.1 Å². The molecular formula is C12H14F2IN5O. The van der Waals surface area contributed by atoms with Gasteiger partial charge in [0.15, 0.2) is 11.8 Å². The monoisotopic (exact) mass is 409 g/mol. The standard InChI is InChI=1S/C12H13F2N5O.HI/c1-7-17-11(20-19-7)4-5-16-12(15)18-10-6-8(13)2-3-9(10)14;/h2-3,6H,4-5H2,1H3,(H3,15,16,18);1H. The van der Waals surface area contributed by atoms with E-state index in [0.29, 0.717) is 18.1 Å². The van der Waals surface area contributed by atoms with Gasteiger partial charge in [0, 0.05) is 12.5 Å². The van der Waals surface area contributed by atoms with Gasteiger partial charge >= 0.3 is 0 Å². The Hall–Kier alpha value is -1.78. The summed E-state index contributed by atoms with van der Waals surface area (Å²) in [4.78, 5) is 7.96. The lowest BCUT2D eigenvalue weighted by atomic mass is 10.3. The Morgan fingerprint density at radius 3 is 2.86 bits per heavy atom. The molecule has 0 radical (unpaired) electrons. The molecule has 1 heterocycles. The summed E-state index contributed by atoms with van der Waals surface area (Å²) >= 11 is 0. The highest BCUT2D eigenvalue weighted by molar-refractivity contribution is 14.0. The average Bonchev–Trinajstić information content (AvgIpc) is 2.80. The van der Waals surface area contributed by atoms with Crippen molar-refractivity contribution < 1.29 is 13.3 Å². The number of rotatable bonds is 4. The van der Waals surface area contributed by atoms with Gasteiger partial charge in [-0.25, -0.2) is 8.78 Å². The van der Waals surface area contributed by atoms with E-state index in [4.69, 9.17) is 10.3 Å². The zero-order chi connectivity index (χ0) is 14.5. The van der Waals surface area contributed by atoms with Gasteiger partial charge in [-0.05, 0) is 19.1 Å². The largest absolute Gasteiger partial charge is 0.370 e. The van der Waals surface area contributed by atoms with Crippen molar-refractivity contribution in [2.75, 3.05) is 11.9 Å². The fourth-order valence-electron chi connectivity index (χ4n) is 1.48. The number of anilines is 1. The zero-order valence-corrected chi connectivity index (χ0v) is 13.5. The van der Waals surface area contributed by atoms with Crippen LogP contribution in [-0.4, -0.2) is 22.6 Å². The van der Waals surface area contributed by atoms with Crippen LogP contribution >= 0.6 is 24.0 Å². The third kappa shape index (κ3) is 5.25. The van der Waals surface area contributed by atoms with Gasteiger partial charge in [0.1, 0.15) is 11.6 Å².